The SMILES string of the molecule is C[C@@H]1CN(Cc2nc3c(cnn3C)c(=O)[nH]2)c2ccccc21. The lowest BCUT2D eigenvalue weighted by molar-refractivity contribution is 0.719. The normalized spacial score (nSPS) is 17.2. The van der Waals surface area contributed by atoms with Crippen LogP contribution in [0.15, 0.2) is 35.3 Å². The van der Waals surface area contributed by atoms with Gasteiger partial charge in [-0.25, -0.2) is 4.98 Å². The number of hydrogen-bond donors (Lipinski definition) is 1. The molecule has 1 aliphatic heterocycles. The van der Waals surface area contributed by atoms with E-state index in [2.05, 4.69) is 45.1 Å². The van der Waals surface area contributed by atoms with Gasteiger partial charge in [-0.1, -0.05) is 25.1 Å². The van der Waals surface area contributed by atoms with Gasteiger partial charge >= 0.3 is 0 Å². The largest absolute Gasteiger partial charge is 0.363 e. The molecule has 0 amide bonds. The first kappa shape index (κ1) is 13.1. The van der Waals surface area contributed by atoms with Crippen molar-refractivity contribution in [3.05, 3.63) is 52.2 Å². The van der Waals surface area contributed by atoms with E-state index < -0.39 is 0 Å². The molecule has 3 aromatic rings. The Bertz CT molecular complexity index is 910. The van der Waals surface area contributed by atoms with Crippen molar-refractivity contribution in [1.29, 1.82) is 0 Å². The van der Waals surface area contributed by atoms with Crippen LogP contribution in [0.1, 0.15) is 24.2 Å². The second kappa shape index (κ2) is 4.69. The number of aromatic amines is 1. The molecular weight excluding hydrogens is 278 g/mol. The van der Waals surface area contributed by atoms with Crippen LogP contribution in [-0.2, 0) is 13.6 Å². The first-order valence-electron chi connectivity index (χ1n) is 7.38. The molecular formula is C16H17N5O. The molecule has 0 bridgehead atoms. The minimum atomic E-state index is -0.131. The number of nitrogens with one attached hydrogen (secondary N) is 1. The van der Waals surface area contributed by atoms with Gasteiger partial charge in [0.05, 0.1) is 12.7 Å². The molecule has 0 fully saturated rings. The van der Waals surface area contributed by atoms with Crippen LogP contribution in [0.25, 0.3) is 11.0 Å². The van der Waals surface area contributed by atoms with Crippen molar-refractivity contribution in [3.8, 4) is 0 Å². The molecule has 0 radical (unpaired) electrons. The van der Waals surface area contributed by atoms with Gasteiger partial charge in [0.25, 0.3) is 5.56 Å². The Balaban J connectivity index is 1.73. The quantitative estimate of drug-likeness (QED) is 0.782. The number of fused-ring (bicyclic) bond motifs is 2. The van der Waals surface area contributed by atoms with Crippen LogP contribution in [0.4, 0.5) is 5.69 Å². The minimum Gasteiger partial charge on any atom is -0.363 e. The molecule has 0 saturated heterocycles. The third-order valence-electron chi connectivity index (χ3n) is 4.29. The molecule has 1 N–H and O–H groups in total. The molecule has 0 saturated carbocycles. The summed E-state index contributed by atoms with van der Waals surface area (Å²) in [6, 6.07) is 8.41. The number of para-hydroxylation sites is 1. The lowest BCUT2D eigenvalue weighted by atomic mass is 10.0. The second-order valence-electron chi connectivity index (χ2n) is 5.86. The molecule has 112 valence electrons. The lowest BCUT2D eigenvalue weighted by Gasteiger charge is -2.18. The van der Waals surface area contributed by atoms with E-state index in [0.29, 0.717) is 29.3 Å². The summed E-state index contributed by atoms with van der Waals surface area (Å²) < 4.78 is 1.63. The van der Waals surface area contributed by atoms with Crippen molar-refractivity contribution in [1.82, 2.24) is 19.7 Å². The fraction of sp³-hybridized carbons (Fsp3) is 0.312. The van der Waals surface area contributed by atoms with Crippen LogP contribution >= 0.6 is 0 Å². The molecule has 1 atom stereocenters. The Morgan fingerprint density at radius 3 is 3.05 bits per heavy atom. The zero-order valence-corrected chi connectivity index (χ0v) is 12.6. The molecule has 1 aliphatic rings. The van der Waals surface area contributed by atoms with E-state index in [-0.39, 0.29) is 5.56 Å². The van der Waals surface area contributed by atoms with Gasteiger partial charge in [0.1, 0.15) is 11.2 Å². The summed E-state index contributed by atoms with van der Waals surface area (Å²) in [4.78, 5) is 21.8. The fourth-order valence-electron chi connectivity index (χ4n) is 3.20. The topological polar surface area (TPSA) is 66.8 Å². The number of rotatable bonds is 2. The molecule has 0 unspecified atom stereocenters. The minimum absolute atomic E-state index is 0.131. The average molecular weight is 295 g/mol. The summed E-state index contributed by atoms with van der Waals surface area (Å²) in [5, 5.41) is 4.63. The Morgan fingerprint density at radius 2 is 2.18 bits per heavy atom. The third kappa shape index (κ3) is 1.91. The second-order valence-corrected chi connectivity index (χ2v) is 5.86. The first-order valence-corrected chi connectivity index (χ1v) is 7.38. The molecule has 6 heteroatoms. The molecule has 0 spiro atoms. The number of anilines is 1. The predicted octanol–water partition coefficient (Wildman–Crippen LogP) is 1.78. The standard InChI is InChI=1S/C16H17N5O/c1-10-8-21(13-6-4-3-5-11(10)13)9-14-18-15-12(16(22)19-14)7-17-20(15)2/h3-7,10H,8-9H2,1-2H3,(H,18,19,22)/t10-/m1/s1. The van der Waals surface area contributed by atoms with E-state index in [9.17, 15) is 4.79 Å². The van der Waals surface area contributed by atoms with E-state index >= 15 is 0 Å². The summed E-state index contributed by atoms with van der Waals surface area (Å²) in [5.74, 6) is 1.16. The van der Waals surface area contributed by atoms with Crippen LogP contribution in [-0.4, -0.2) is 26.3 Å². The Morgan fingerprint density at radius 1 is 1.36 bits per heavy atom. The van der Waals surface area contributed by atoms with Crippen molar-refractivity contribution in [2.45, 2.75) is 19.4 Å². The van der Waals surface area contributed by atoms with Gasteiger partial charge in [-0.05, 0) is 11.6 Å². The molecule has 0 aliphatic carbocycles. The number of hydrogen-bond acceptors (Lipinski definition) is 4. The molecule has 4 rings (SSSR count). The molecule has 3 heterocycles. The van der Waals surface area contributed by atoms with Crippen molar-refractivity contribution in [3.63, 3.8) is 0 Å². The fourth-order valence-corrected chi connectivity index (χ4v) is 3.20. The summed E-state index contributed by atoms with van der Waals surface area (Å²) in [6.45, 7) is 3.75. The molecule has 1 aromatic carbocycles. The van der Waals surface area contributed by atoms with E-state index in [1.165, 1.54) is 11.3 Å². The maximum Gasteiger partial charge on any atom is 0.262 e. The Labute approximate surface area is 127 Å². The third-order valence-corrected chi connectivity index (χ3v) is 4.29. The average Bonchev–Trinajstić information content (AvgIpc) is 3.02. The van der Waals surface area contributed by atoms with Gasteiger partial charge in [-0.15, -0.1) is 0 Å². The first-order chi connectivity index (χ1) is 10.6. The highest BCUT2D eigenvalue weighted by Crippen LogP contribution is 2.36. The number of aryl methyl sites for hydroxylation is 1. The lowest BCUT2D eigenvalue weighted by Crippen LogP contribution is -2.24. The van der Waals surface area contributed by atoms with Gasteiger partial charge < -0.3 is 9.88 Å². The van der Waals surface area contributed by atoms with Crippen LogP contribution in [0, 0.1) is 0 Å². The zero-order valence-electron chi connectivity index (χ0n) is 12.6. The van der Waals surface area contributed by atoms with Crippen molar-refractivity contribution in [2.75, 3.05) is 11.4 Å². The Kier molecular flexibility index (Phi) is 2.79. The highest BCUT2D eigenvalue weighted by Gasteiger charge is 2.25. The van der Waals surface area contributed by atoms with Crippen molar-refractivity contribution >= 4 is 16.7 Å². The highest BCUT2D eigenvalue weighted by molar-refractivity contribution is 5.73. The number of benzene rings is 1. The van der Waals surface area contributed by atoms with E-state index in [0.717, 1.165) is 6.54 Å². The molecule has 6 nitrogen and oxygen atoms in total. The smallest absolute Gasteiger partial charge is 0.262 e. The van der Waals surface area contributed by atoms with Gasteiger partial charge in [0.15, 0.2) is 5.65 Å². The predicted molar refractivity (Wildman–Crippen MR) is 85.0 cm³/mol. The summed E-state index contributed by atoms with van der Waals surface area (Å²) in [6.07, 6.45) is 1.55. The summed E-state index contributed by atoms with van der Waals surface area (Å²) in [5.41, 5.74) is 3.07. The molecule has 2 aromatic heterocycles. The summed E-state index contributed by atoms with van der Waals surface area (Å²) >= 11 is 0. The van der Waals surface area contributed by atoms with Crippen LogP contribution in [0.5, 0.6) is 0 Å². The van der Waals surface area contributed by atoms with Gasteiger partial charge in [0, 0.05) is 25.2 Å². The van der Waals surface area contributed by atoms with Gasteiger partial charge in [0.2, 0.25) is 0 Å². The van der Waals surface area contributed by atoms with Gasteiger partial charge in [-0.2, -0.15) is 5.10 Å². The number of H-pyrrole nitrogens is 1. The maximum atomic E-state index is 12.1. The number of aromatic nitrogens is 4. The van der Waals surface area contributed by atoms with E-state index in [1.54, 1.807) is 17.9 Å². The summed E-state index contributed by atoms with van der Waals surface area (Å²) in [7, 11) is 1.80. The Hall–Kier alpha value is -2.63. The van der Waals surface area contributed by atoms with Crippen LogP contribution in [0.3, 0.4) is 0 Å². The van der Waals surface area contributed by atoms with Crippen LogP contribution in [0.2, 0.25) is 0 Å². The van der Waals surface area contributed by atoms with Crippen molar-refractivity contribution < 1.29 is 0 Å². The monoisotopic (exact) mass is 295 g/mol. The van der Waals surface area contributed by atoms with E-state index in [4.69, 9.17) is 0 Å². The van der Waals surface area contributed by atoms with Gasteiger partial charge in [-0.3, -0.25) is 9.48 Å². The zero-order chi connectivity index (χ0) is 15.3. The highest BCUT2D eigenvalue weighted by atomic mass is 16.1. The van der Waals surface area contributed by atoms with Crippen LogP contribution < -0.4 is 10.5 Å². The van der Waals surface area contributed by atoms with E-state index in [1.807, 2.05) is 6.07 Å². The van der Waals surface area contributed by atoms with Crippen molar-refractivity contribution in [2.24, 2.45) is 7.05 Å². The molecule has 22 heavy (non-hydrogen) atoms. The maximum absolute atomic E-state index is 12.1. The number of nitrogens with zero attached hydrogens (tertiary/aromatic N) is 4.